The average molecular weight is 305 g/mol. The summed E-state index contributed by atoms with van der Waals surface area (Å²) in [4.78, 5) is 19.0. The van der Waals surface area contributed by atoms with Crippen LogP contribution < -0.4 is 0 Å². The van der Waals surface area contributed by atoms with Crippen LogP contribution in [0, 0.1) is 5.92 Å². The van der Waals surface area contributed by atoms with Crippen molar-refractivity contribution in [1.29, 1.82) is 0 Å². The van der Waals surface area contributed by atoms with Crippen molar-refractivity contribution in [3.8, 4) is 0 Å². The van der Waals surface area contributed by atoms with Gasteiger partial charge in [0.05, 0.1) is 13.0 Å². The predicted molar refractivity (Wildman–Crippen MR) is 84.7 cm³/mol. The fourth-order valence-electron chi connectivity index (χ4n) is 3.86. The lowest BCUT2D eigenvalue weighted by atomic mass is 9.93. The van der Waals surface area contributed by atoms with Gasteiger partial charge < -0.3 is 14.2 Å². The molecule has 3 rings (SSSR count). The number of nitrogens with zero attached hydrogens (tertiary/aromatic N) is 3. The molecular formula is C17H27N3O2. The van der Waals surface area contributed by atoms with Crippen LogP contribution in [0.5, 0.6) is 0 Å². The Morgan fingerprint density at radius 1 is 1.27 bits per heavy atom. The molecule has 1 saturated heterocycles. The largest absolute Gasteiger partial charge is 0.469 e. The summed E-state index contributed by atoms with van der Waals surface area (Å²) in [6.07, 6.45) is 5.99. The highest BCUT2D eigenvalue weighted by Crippen LogP contribution is 2.31. The molecule has 3 heterocycles. The van der Waals surface area contributed by atoms with Crippen molar-refractivity contribution in [2.45, 2.75) is 58.0 Å². The van der Waals surface area contributed by atoms with Gasteiger partial charge in [-0.25, -0.2) is 4.98 Å². The second kappa shape index (κ2) is 6.41. The lowest BCUT2D eigenvalue weighted by molar-refractivity contribution is -0.146. The Labute approximate surface area is 132 Å². The van der Waals surface area contributed by atoms with Crippen LogP contribution >= 0.6 is 0 Å². The number of hydrogen-bond donors (Lipinski definition) is 0. The van der Waals surface area contributed by atoms with Crippen LogP contribution in [0.3, 0.4) is 0 Å². The molecule has 1 atom stereocenters. The van der Waals surface area contributed by atoms with Gasteiger partial charge in [0.1, 0.15) is 5.82 Å². The van der Waals surface area contributed by atoms with Crippen LogP contribution in [0.2, 0.25) is 0 Å². The monoisotopic (exact) mass is 305 g/mol. The number of ether oxygens (including phenoxy) is 1. The van der Waals surface area contributed by atoms with E-state index in [2.05, 4.69) is 23.3 Å². The Morgan fingerprint density at radius 2 is 2.00 bits per heavy atom. The number of likely N-dealkylation sites (tertiary alicyclic amines) is 1. The maximum absolute atomic E-state index is 11.7. The standard InChI is InChI=1S/C17H27N3O2/c1-12(2)19-7-4-13(5-8-19)16-18-11-15-10-14(17(21)22-3)6-9-20(15)16/h11-14H,4-10H2,1-3H3. The van der Waals surface area contributed by atoms with E-state index in [1.807, 2.05) is 6.20 Å². The number of methoxy groups -OCH3 is 1. The summed E-state index contributed by atoms with van der Waals surface area (Å²) in [5.41, 5.74) is 1.20. The van der Waals surface area contributed by atoms with Gasteiger partial charge in [0.15, 0.2) is 0 Å². The van der Waals surface area contributed by atoms with E-state index in [0.717, 1.165) is 32.5 Å². The van der Waals surface area contributed by atoms with Crippen LogP contribution in [0.1, 0.15) is 50.5 Å². The Hall–Kier alpha value is -1.36. The van der Waals surface area contributed by atoms with Crippen molar-refractivity contribution < 1.29 is 9.53 Å². The molecule has 0 saturated carbocycles. The minimum atomic E-state index is -0.0840. The summed E-state index contributed by atoms with van der Waals surface area (Å²) in [6.45, 7) is 7.76. The zero-order chi connectivity index (χ0) is 15.7. The zero-order valence-corrected chi connectivity index (χ0v) is 13.9. The molecule has 0 amide bonds. The predicted octanol–water partition coefficient (Wildman–Crippen LogP) is 2.21. The molecule has 0 aliphatic carbocycles. The summed E-state index contributed by atoms with van der Waals surface area (Å²) >= 11 is 0. The fourth-order valence-corrected chi connectivity index (χ4v) is 3.86. The van der Waals surface area contributed by atoms with Gasteiger partial charge in [-0.3, -0.25) is 4.79 Å². The summed E-state index contributed by atoms with van der Waals surface area (Å²) in [5, 5.41) is 0. The first-order valence-electron chi connectivity index (χ1n) is 8.46. The van der Waals surface area contributed by atoms with Crippen molar-refractivity contribution in [2.75, 3.05) is 20.2 Å². The number of carbonyl (C=O) groups is 1. The average Bonchev–Trinajstić information content (AvgIpc) is 2.97. The Morgan fingerprint density at radius 3 is 2.64 bits per heavy atom. The van der Waals surface area contributed by atoms with Gasteiger partial charge in [0.2, 0.25) is 0 Å². The second-order valence-corrected chi connectivity index (χ2v) is 6.88. The van der Waals surface area contributed by atoms with E-state index in [1.165, 1.54) is 31.5 Å². The molecule has 22 heavy (non-hydrogen) atoms. The Kier molecular flexibility index (Phi) is 4.52. The minimum Gasteiger partial charge on any atom is -0.469 e. The van der Waals surface area contributed by atoms with E-state index in [1.54, 1.807) is 0 Å². The molecule has 0 spiro atoms. The van der Waals surface area contributed by atoms with Gasteiger partial charge in [-0.2, -0.15) is 0 Å². The van der Waals surface area contributed by atoms with Crippen molar-refractivity contribution in [3.63, 3.8) is 0 Å². The number of aromatic nitrogens is 2. The van der Waals surface area contributed by atoms with E-state index in [-0.39, 0.29) is 11.9 Å². The topological polar surface area (TPSA) is 47.4 Å². The molecular weight excluding hydrogens is 278 g/mol. The Bertz CT molecular complexity index is 530. The molecule has 0 N–H and O–H groups in total. The molecule has 2 aliphatic heterocycles. The third kappa shape index (κ3) is 2.91. The van der Waals surface area contributed by atoms with Crippen LogP contribution in [-0.2, 0) is 22.5 Å². The summed E-state index contributed by atoms with van der Waals surface area (Å²) in [6, 6.07) is 0.635. The van der Waals surface area contributed by atoms with Gasteiger partial charge in [-0.1, -0.05) is 0 Å². The number of piperidine rings is 1. The van der Waals surface area contributed by atoms with Crippen molar-refractivity contribution in [1.82, 2.24) is 14.5 Å². The van der Waals surface area contributed by atoms with E-state index >= 15 is 0 Å². The van der Waals surface area contributed by atoms with Gasteiger partial charge in [-0.15, -0.1) is 0 Å². The van der Waals surface area contributed by atoms with Gasteiger partial charge >= 0.3 is 5.97 Å². The highest BCUT2D eigenvalue weighted by molar-refractivity contribution is 5.72. The maximum Gasteiger partial charge on any atom is 0.309 e. The maximum atomic E-state index is 11.7. The fraction of sp³-hybridized carbons (Fsp3) is 0.765. The van der Waals surface area contributed by atoms with E-state index in [9.17, 15) is 4.79 Å². The molecule has 1 unspecified atom stereocenters. The second-order valence-electron chi connectivity index (χ2n) is 6.88. The molecule has 5 heteroatoms. The zero-order valence-electron chi connectivity index (χ0n) is 13.9. The third-order valence-electron chi connectivity index (χ3n) is 5.29. The summed E-state index contributed by atoms with van der Waals surface area (Å²) < 4.78 is 7.24. The lowest BCUT2D eigenvalue weighted by Gasteiger charge is -2.35. The molecule has 2 aliphatic rings. The number of esters is 1. The van der Waals surface area contributed by atoms with E-state index < -0.39 is 0 Å². The number of rotatable bonds is 3. The van der Waals surface area contributed by atoms with Gasteiger partial charge in [0.25, 0.3) is 0 Å². The van der Waals surface area contributed by atoms with Gasteiger partial charge in [-0.05, 0) is 46.2 Å². The smallest absolute Gasteiger partial charge is 0.309 e. The molecule has 0 bridgehead atoms. The number of fused-ring (bicyclic) bond motifs is 1. The molecule has 0 aromatic carbocycles. The van der Waals surface area contributed by atoms with Crippen molar-refractivity contribution in [2.24, 2.45) is 5.92 Å². The van der Waals surface area contributed by atoms with Crippen LogP contribution in [0.15, 0.2) is 6.20 Å². The highest BCUT2D eigenvalue weighted by atomic mass is 16.5. The minimum absolute atomic E-state index is 0.00448. The highest BCUT2D eigenvalue weighted by Gasteiger charge is 2.31. The van der Waals surface area contributed by atoms with Gasteiger partial charge in [0, 0.05) is 36.8 Å². The quantitative estimate of drug-likeness (QED) is 0.803. The van der Waals surface area contributed by atoms with Crippen LogP contribution in [0.4, 0.5) is 0 Å². The first kappa shape index (κ1) is 15.5. The molecule has 1 aromatic rings. The molecule has 0 radical (unpaired) electrons. The molecule has 1 aromatic heterocycles. The lowest BCUT2D eigenvalue weighted by Crippen LogP contribution is -2.38. The normalized spacial score (nSPS) is 23.5. The van der Waals surface area contributed by atoms with E-state index in [4.69, 9.17) is 9.72 Å². The number of imidazole rings is 1. The number of carbonyl (C=O) groups excluding carboxylic acids is 1. The SMILES string of the molecule is COC(=O)C1CCn2c(cnc2C2CCN(C(C)C)CC2)C1. The molecule has 122 valence electrons. The first-order valence-corrected chi connectivity index (χ1v) is 8.46. The first-order chi connectivity index (χ1) is 10.6. The third-order valence-corrected chi connectivity index (χ3v) is 5.29. The molecule has 5 nitrogen and oxygen atoms in total. The van der Waals surface area contributed by atoms with Crippen LogP contribution in [-0.4, -0.2) is 46.7 Å². The molecule has 1 fully saturated rings. The van der Waals surface area contributed by atoms with E-state index in [0.29, 0.717) is 12.0 Å². The van der Waals surface area contributed by atoms with Crippen molar-refractivity contribution in [3.05, 3.63) is 17.7 Å². The van der Waals surface area contributed by atoms with Crippen molar-refractivity contribution >= 4 is 5.97 Å². The Balaban J connectivity index is 1.68. The summed E-state index contributed by atoms with van der Waals surface area (Å²) in [5.74, 6) is 1.73. The summed E-state index contributed by atoms with van der Waals surface area (Å²) in [7, 11) is 1.47. The number of hydrogen-bond acceptors (Lipinski definition) is 4. The van der Waals surface area contributed by atoms with Crippen LogP contribution in [0.25, 0.3) is 0 Å².